The molecule has 0 atom stereocenters. The van der Waals surface area contributed by atoms with Crippen molar-refractivity contribution in [1.82, 2.24) is 24.9 Å². The van der Waals surface area contributed by atoms with Crippen LogP contribution in [0.3, 0.4) is 0 Å². The third-order valence-electron chi connectivity index (χ3n) is 2.73. The number of thioether (sulfide) groups is 1. The van der Waals surface area contributed by atoms with Gasteiger partial charge < -0.3 is 14.8 Å². The lowest BCUT2D eigenvalue weighted by Gasteiger charge is -2.06. The van der Waals surface area contributed by atoms with Gasteiger partial charge in [-0.05, 0) is 6.42 Å². The van der Waals surface area contributed by atoms with Crippen LogP contribution in [0.2, 0.25) is 0 Å². The van der Waals surface area contributed by atoms with Crippen LogP contribution in [0.4, 0.5) is 0 Å². The quantitative estimate of drug-likeness (QED) is 0.780. The highest BCUT2D eigenvalue weighted by atomic mass is 32.2. The highest BCUT2D eigenvalue weighted by Gasteiger charge is 2.14. The van der Waals surface area contributed by atoms with Crippen molar-refractivity contribution in [1.29, 1.82) is 0 Å². The minimum Gasteiger partial charge on any atom is -0.339 e. The maximum Gasteiger partial charge on any atom is 0.229 e. The van der Waals surface area contributed by atoms with Crippen LogP contribution in [0.25, 0.3) is 0 Å². The molecule has 0 amide bonds. The molecule has 0 aliphatic rings. The molecule has 0 spiro atoms. The topological polar surface area (TPSA) is 95.7 Å². The second kappa shape index (κ2) is 6.85. The van der Waals surface area contributed by atoms with Crippen LogP contribution in [0, 0.1) is 0 Å². The third-order valence-corrected chi connectivity index (χ3v) is 3.69. The van der Waals surface area contributed by atoms with Crippen LogP contribution < -0.4 is 5.73 Å². The Morgan fingerprint density at radius 3 is 2.75 bits per heavy atom. The van der Waals surface area contributed by atoms with E-state index in [0.29, 0.717) is 24.0 Å². The van der Waals surface area contributed by atoms with Gasteiger partial charge in [-0.2, -0.15) is 4.98 Å². The molecule has 8 heteroatoms. The Morgan fingerprint density at radius 1 is 1.35 bits per heavy atom. The smallest absolute Gasteiger partial charge is 0.229 e. The Labute approximate surface area is 122 Å². The molecule has 0 fully saturated rings. The van der Waals surface area contributed by atoms with Crippen LogP contribution in [0.5, 0.6) is 0 Å². The van der Waals surface area contributed by atoms with Crippen molar-refractivity contribution >= 4 is 11.8 Å². The Balaban J connectivity index is 2.04. The molecule has 0 aromatic carbocycles. The summed E-state index contributed by atoms with van der Waals surface area (Å²) in [5.41, 5.74) is 5.67. The molecule has 0 radical (unpaired) electrons. The summed E-state index contributed by atoms with van der Waals surface area (Å²) in [5.74, 6) is 3.01. The highest BCUT2D eigenvalue weighted by Crippen LogP contribution is 2.22. The third kappa shape index (κ3) is 3.37. The summed E-state index contributed by atoms with van der Waals surface area (Å²) in [7, 11) is 0. The number of aromatic nitrogens is 5. The Hall–Kier alpha value is -1.41. The Morgan fingerprint density at radius 2 is 2.15 bits per heavy atom. The van der Waals surface area contributed by atoms with Crippen LogP contribution >= 0.6 is 11.8 Å². The molecule has 2 N–H and O–H groups in total. The fourth-order valence-corrected chi connectivity index (χ4v) is 2.54. The summed E-state index contributed by atoms with van der Waals surface area (Å²) in [6.07, 6.45) is 1.01. The molecule has 20 heavy (non-hydrogen) atoms. The van der Waals surface area contributed by atoms with E-state index < -0.39 is 0 Å². The first-order chi connectivity index (χ1) is 9.65. The van der Waals surface area contributed by atoms with Crippen molar-refractivity contribution in [2.45, 2.75) is 57.1 Å². The van der Waals surface area contributed by atoms with Crippen molar-refractivity contribution in [3.63, 3.8) is 0 Å². The van der Waals surface area contributed by atoms with Crippen LogP contribution in [0.15, 0.2) is 9.68 Å². The molecule has 110 valence electrons. The first kappa shape index (κ1) is 15.0. The van der Waals surface area contributed by atoms with E-state index >= 15 is 0 Å². The number of hydrogen-bond donors (Lipinski definition) is 1. The SMILES string of the molecule is CCCn1c(CN)nnc1SCc1noc(C(C)C)n1. The zero-order valence-corrected chi connectivity index (χ0v) is 12.9. The van der Waals surface area contributed by atoms with Gasteiger partial charge in [-0.25, -0.2) is 0 Å². The summed E-state index contributed by atoms with van der Waals surface area (Å²) in [6, 6.07) is 0. The summed E-state index contributed by atoms with van der Waals surface area (Å²) < 4.78 is 7.23. The molecule has 2 rings (SSSR count). The van der Waals surface area contributed by atoms with Crippen LogP contribution in [0.1, 0.15) is 50.6 Å². The van der Waals surface area contributed by atoms with Gasteiger partial charge in [-0.3, -0.25) is 0 Å². The predicted octanol–water partition coefficient (Wildman–Crippen LogP) is 1.95. The van der Waals surface area contributed by atoms with Crippen molar-refractivity contribution in [3.05, 3.63) is 17.5 Å². The molecular weight excluding hydrogens is 276 g/mol. The normalized spacial score (nSPS) is 11.4. The van der Waals surface area contributed by atoms with Gasteiger partial charge in [0, 0.05) is 12.5 Å². The van der Waals surface area contributed by atoms with Gasteiger partial charge in [0.25, 0.3) is 0 Å². The maximum absolute atomic E-state index is 5.67. The molecule has 2 heterocycles. The molecule has 2 aromatic rings. The van der Waals surface area contributed by atoms with Gasteiger partial charge in [0.2, 0.25) is 5.89 Å². The average Bonchev–Trinajstić information content (AvgIpc) is 3.03. The molecule has 0 bridgehead atoms. The molecule has 7 nitrogen and oxygen atoms in total. The van der Waals surface area contributed by atoms with E-state index in [2.05, 4.69) is 27.3 Å². The van der Waals surface area contributed by atoms with Gasteiger partial charge in [-0.15, -0.1) is 10.2 Å². The lowest BCUT2D eigenvalue weighted by Crippen LogP contribution is -2.09. The van der Waals surface area contributed by atoms with E-state index in [4.69, 9.17) is 10.3 Å². The van der Waals surface area contributed by atoms with E-state index in [1.54, 1.807) is 11.8 Å². The second-order valence-corrected chi connectivity index (χ2v) is 5.69. The zero-order chi connectivity index (χ0) is 14.5. The molecular formula is C12H20N6OS. The summed E-state index contributed by atoms with van der Waals surface area (Å²) in [4.78, 5) is 4.35. The molecule has 0 aliphatic carbocycles. The molecule has 2 aromatic heterocycles. The van der Waals surface area contributed by atoms with E-state index in [1.165, 1.54) is 0 Å². The van der Waals surface area contributed by atoms with E-state index in [-0.39, 0.29) is 5.92 Å². The number of hydrogen-bond acceptors (Lipinski definition) is 7. The van der Waals surface area contributed by atoms with Gasteiger partial charge in [0.1, 0.15) is 5.82 Å². The number of nitrogens with zero attached hydrogens (tertiary/aromatic N) is 5. The predicted molar refractivity (Wildman–Crippen MR) is 76.2 cm³/mol. The number of rotatable bonds is 7. The summed E-state index contributed by atoms with van der Waals surface area (Å²) >= 11 is 1.55. The molecule has 0 aliphatic heterocycles. The summed E-state index contributed by atoms with van der Waals surface area (Å²) in [6.45, 7) is 7.42. The van der Waals surface area contributed by atoms with Crippen LogP contribution in [-0.4, -0.2) is 24.9 Å². The van der Waals surface area contributed by atoms with Crippen molar-refractivity contribution in [2.75, 3.05) is 0 Å². The van der Waals surface area contributed by atoms with Crippen molar-refractivity contribution < 1.29 is 4.52 Å². The van der Waals surface area contributed by atoms with Gasteiger partial charge in [0.05, 0.1) is 12.3 Å². The standard InChI is InChI=1S/C12H20N6OS/c1-4-5-18-10(6-13)15-16-12(18)20-7-9-14-11(8(2)3)19-17-9/h8H,4-7,13H2,1-3H3. The van der Waals surface area contributed by atoms with E-state index in [0.717, 1.165) is 23.9 Å². The number of nitrogens with two attached hydrogens (primary N) is 1. The maximum atomic E-state index is 5.67. The lowest BCUT2D eigenvalue weighted by molar-refractivity contribution is 0.362. The monoisotopic (exact) mass is 296 g/mol. The van der Waals surface area contributed by atoms with Gasteiger partial charge in [-0.1, -0.05) is 37.7 Å². The first-order valence-electron chi connectivity index (χ1n) is 6.73. The Kier molecular flexibility index (Phi) is 5.13. The first-order valence-corrected chi connectivity index (χ1v) is 7.71. The molecule has 0 unspecified atom stereocenters. The zero-order valence-electron chi connectivity index (χ0n) is 12.0. The molecule has 0 saturated heterocycles. The second-order valence-electron chi connectivity index (χ2n) is 4.75. The van der Waals surface area contributed by atoms with Crippen molar-refractivity contribution in [3.8, 4) is 0 Å². The highest BCUT2D eigenvalue weighted by molar-refractivity contribution is 7.98. The van der Waals surface area contributed by atoms with Gasteiger partial charge >= 0.3 is 0 Å². The fraction of sp³-hybridized carbons (Fsp3) is 0.667. The van der Waals surface area contributed by atoms with E-state index in [1.807, 2.05) is 18.4 Å². The van der Waals surface area contributed by atoms with E-state index in [9.17, 15) is 0 Å². The lowest BCUT2D eigenvalue weighted by atomic mass is 10.2. The largest absolute Gasteiger partial charge is 0.339 e. The minimum atomic E-state index is 0.244. The van der Waals surface area contributed by atoms with Gasteiger partial charge in [0.15, 0.2) is 11.0 Å². The fourth-order valence-electron chi connectivity index (χ4n) is 1.71. The molecule has 0 saturated carbocycles. The summed E-state index contributed by atoms with van der Waals surface area (Å²) in [5, 5.41) is 13.1. The average molecular weight is 296 g/mol. The minimum absolute atomic E-state index is 0.244. The van der Waals surface area contributed by atoms with Crippen LogP contribution in [-0.2, 0) is 18.8 Å². The van der Waals surface area contributed by atoms with Crippen molar-refractivity contribution in [2.24, 2.45) is 5.73 Å². The Bertz CT molecular complexity index is 550.